The molecule has 1 aliphatic rings. The summed E-state index contributed by atoms with van der Waals surface area (Å²) in [5.41, 5.74) is 0.869. The number of rotatable bonds is 5. The molecule has 1 aliphatic heterocycles. The standard InChI is InChI=1S/C18H23N3O3/c1-3-6-16(22)21-12-5-4-7-15(21)18-19-17(20-24-18)13-8-10-14(23-2)11-9-13/h8-11,15H,3-7,12H2,1-2H3. The summed E-state index contributed by atoms with van der Waals surface area (Å²) >= 11 is 0. The zero-order chi connectivity index (χ0) is 16.9. The topological polar surface area (TPSA) is 68.5 Å². The fraction of sp³-hybridized carbons (Fsp3) is 0.500. The molecule has 3 rings (SSSR count). The lowest BCUT2D eigenvalue weighted by Crippen LogP contribution is -2.38. The Morgan fingerprint density at radius 3 is 2.83 bits per heavy atom. The molecule has 0 aliphatic carbocycles. The summed E-state index contributed by atoms with van der Waals surface area (Å²) < 4.78 is 10.6. The molecule has 0 spiro atoms. The van der Waals surface area contributed by atoms with Crippen LogP contribution in [0.3, 0.4) is 0 Å². The first-order chi connectivity index (χ1) is 11.7. The van der Waals surface area contributed by atoms with Crippen LogP contribution >= 0.6 is 0 Å². The van der Waals surface area contributed by atoms with Crippen molar-refractivity contribution < 1.29 is 14.1 Å². The molecule has 1 atom stereocenters. The van der Waals surface area contributed by atoms with Crippen molar-refractivity contribution >= 4 is 5.91 Å². The quantitative estimate of drug-likeness (QED) is 0.838. The van der Waals surface area contributed by atoms with Gasteiger partial charge in [-0.25, -0.2) is 0 Å². The molecule has 0 radical (unpaired) electrons. The third-order valence-electron chi connectivity index (χ3n) is 4.36. The van der Waals surface area contributed by atoms with Gasteiger partial charge in [-0.1, -0.05) is 12.1 Å². The van der Waals surface area contributed by atoms with Gasteiger partial charge in [-0.3, -0.25) is 4.79 Å². The molecule has 1 saturated heterocycles. The predicted molar refractivity (Wildman–Crippen MR) is 89.5 cm³/mol. The summed E-state index contributed by atoms with van der Waals surface area (Å²) in [6.07, 6.45) is 4.39. The number of benzene rings is 1. The van der Waals surface area contributed by atoms with Gasteiger partial charge in [0.2, 0.25) is 17.6 Å². The molecule has 1 fully saturated rings. The molecule has 2 heterocycles. The lowest BCUT2D eigenvalue weighted by atomic mass is 10.0. The average molecular weight is 329 g/mol. The summed E-state index contributed by atoms with van der Waals surface area (Å²) in [6, 6.07) is 7.42. The molecule has 0 N–H and O–H groups in total. The van der Waals surface area contributed by atoms with Crippen LogP contribution in [0, 0.1) is 0 Å². The number of hydrogen-bond donors (Lipinski definition) is 0. The van der Waals surface area contributed by atoms with E-state index >= 15 is 0 Å². The summed E-state index contributed by atoms with van der Waals surface area (Å²) in [7, 11) is 1.63. The number of piperidine rings is 1. The van der Waals surface area contributed by atoms with Crippen LogP contribution in [0.1, 0.15) is 51.0 Å². The second kappa shape index (κ2) is 7.47. The van der Waals surface area contributed by atoms with Crippen molar-refractivity contribution in [3.63, 3.8) is 0 Å². The van der Waals surface area contributed by atoms with E-state index in [2.05, 4.69) is 10.1 Å². The third-order valence-corrected chi connectivity index (χ3v) is 4.36. The van der Waals surface area contributed by atoms with E-state index < -0.39 is 0 Å². The number of carbonyl (C=O) groups is 1. The van der Waals surface area contributed by atoms with Crippen LogP contribution in [-0.2, 0) is 4.79 Å². The molecular weight excluding hydrogens is 306 g/mol. The van der Waals surface area contributed by atoms with E-state index in [1.54, 1.807) is 7.11 Å². The van der Waals surface area contributed by atoms with Crippen molar-refractivity contribution in [3.05, 3.63) is 30.2 Å². The lowest BCUT2D eigenvalue weighted by molar-refractivity contribution is -0.135. The van der Waals surface area contributed by atoms with Gasteiger partial charge < -0.3 is 14.2 Å². The molecule has 24 heavy (non-hydrogen) atoms. The molecule has 6 nitrogen and oxygen atoms in total. The highest BCUT2D eigenvalue weighted by Gasteiger charge is 2.31. The Labute approximate surface area is 141 Å². The molecule has 1 aromatic carbocycles. The first-order valence-electron chi connectivity index (χ1n) is 8.50. The van der Waals surface area contributed by atoms with Gasteiger partial charge in [-0.15, -0.1) is 0 Å². The Morgan fingerprint density at radius 2 is 2.12 bits per heavy atom. The van der Waals surface area contributed by atoms with E-state index in [4.69, 9.17) is 9.26 Å². The fourth-order valence-corrected chi connectivity index (χ4v) is 3.07. The number of amides is 1. The molecule has 2 aromatic rings. The van der Waals surface area contributed by atoms with Crippen molar-refractivity contribution in [1.29, 1.82) is 0 Å². The summed E-state index contributed by atoms with van der Waals surface area (Å²) in [5, 5.41) is 4.09. The SMILES string of the molecule is CCCC(=O)N1CCCCC1c1nc(-c2ccc(OC)cc2)no1. The van der Waals surface area contributed by atoms with Gasteiger partial charge in [0.1, 0.15) is 11.8 Å². The lowest BCUT2D eigenvalue weighted by Gasteiger charge is -2.33. The normalized spacial score (nSPS) is 17.8. The first-order valence-corrected chi connectivity index (χ1v) is 8.50. The van der Waals surface area contributed by atoms with Crippen LogP contribution < -0.4 is 4.74 Å². The molecule has 0 bridgehead atoms. The van der Waals surface area contributed by atoms with Crippen molar-refractivity contribution in [2.75, 3.05) is 13.7 Å². The van der Waals surface area contributed by atoms with Gasteiger partial charge in [0.15, 0.2) is 0 Å². The van der Waals surface area contributed by atoms with Crippen LogP contribution in [0.5, 0.6) is 5.75 Å². The Bertz CT molecular complexity index is 681. The van der Waals surface area contributed by atoms with E-state index in [9.17, 15) is 4.79 Å². The van der Waals surface area contributed by atoms with Crippen molar-refractivity contribution in [2.45, 2.75) is 45.1 Å². The Morgan fingerprint density at radius 1 is 1.33 bits per heavy atom. The number of ether oxygens (including phenoxy) is 1. The van der Waals surface area contributed by atoms with Gasteiger partial charge in [-0.2, -0.15) is 4.98 Å². The zero-order valence-electron chi connectivity index (χ0n) is 14.2. The van der Waals surface area contributed by atoms with Crippen LogP contribution in [-0.4, -0.2) is 34.6 Å². The van der Waals surface area contributed by atoms with Crippen molar-refractivity contribution in [2.24, 2.45) is 0 Å². The minimum atomic E-state index is -0.0997. The number of carbonyl (C=O) groups excluding carboxylic acids is 1. The maximum absolute atomic E-state index is 12.4. The number of hydrogen-bond acceptors (Lipinski definition) is 5. The fourth-order valence-electron chi connectivity index (χ4n) is 3.07. The van der Waals surface area contributed by atoms with E-state index in [0.29, 0.717) is 18.1 Å². The highest BCUT2D eigenvalue weighted by atomic mass is 16.5. The monoisotopic (exact) mass is 329 g/mol. The second-order valence-corrected chi connectivity index (χ2v) is 6.03. The predicted octanol–water partition coefficient (Wildman–Crippen LogP) is 3.60. The Balaban J connectivity index is 1.80. The molecule has 1 unspecified atom stereocenters. The van der Waals surface area contributed by atoms with Crippen molar-refractivity contribution in [3.8, 4) is 17.1 Å². The van der Waals surface area contributed by atoms with Crippen LogP contribution in [0.25, 0.3) is 11.4 Å². The first kappa shape index (κ1) is 16.5. The molecule has 0 saturated carbocycles. The largest absolute Gasteiger partial charge is 0.497 e. The molecule has 1 aromatic heterocycles. The summed E-state index contributed by atoms with van der Waals surface area (Å²) in [5.74, 6) is 2.03. The molecule has 128 valence electrons. The number of aromatic nitrogens is 2. The second-order valence-electron chi connectivity index (χ2n) is 6.03. The van der Waals surface area contributed by atoms with E-state index in [0.717, 1.165) is 43.5 Å². The molecule has 1 amide bonds. The number of methoxy groups -OCH3 is 1. The van der Waals surface area contributed by atoms with Crippen LogP contribution in [0.4, 0.5) is 0 Å². The maximum atomic E-state index is 12.4. The van der Waals surface area contributed by atoms with E-state index in [1.165, 1.54) is 0 Å². The Hall–Kier alpha value is -2.37. The van der Waals surface area contributed by atoms with E-state index in [-0.39, 0.29) is 11.9 Å². The van der Waals surface area contributed by atoms with Gasteiger partial charge in [0.05, 0.1) is 7.11 Å². The molecule has 6 heteroatoms. The maximum Gasteiger partial charge on any atom is 0.249 e. The minimum Gasteiger partial charge on any atom is -0.497 e. The third kappa shape index (κ3) is 3.42. The number of likely N-dealkylation sites (tertiary alicyclic amines) is 1. The highest BCUT2D eigenvalue weighted by molar-refractivity contribution is 5.76. The summed E-state index contributed by atoms with van der Waals surface area (Å²) in [4.78, 5) is 18.8. The molecular formula is C18H23N3O3. The van der Waals surface area contributed by atoms with Gasteiger partial charge in [0.25, 0.3) is 0 Å². The van der Waals surface area contributed by atoms with Crippen LogP contribution in [0.15, 0.2) is 28.8 Å². The zero-order valence-corrected chi connectivity index (χ0v) is 14.2. The summed E-state index contributed by atoms with van der Waals surface area (Å²) in [6.45, 7) is 2.79. The van der Waals surface area contributed by atoms with Crippen molar-refractivity contribution in [1.82, 2.24) is 15.0 Å². The van der Waals surface area contributed by atoms with Gasteiger partial charge in [-0.05, 0) is 49.9 Å². The van der Waals surface area contributed by atoms with E-state index in [1.807, 2.05) is 36.1 Å². The average Bonchev–Trinajstić information content (AvgIpc) is 3.12. The smallest absolute Gasteiger partial charge is 0.249 e. The Kier molecular flexibility index (Phi) is 5.13. The van der Waals surface area contributed by atoms with Crippen LogP contribution in [0.2, 0.25) is 0 Å². The highest BCUT2D eigenvalue weighted by Crippen LogP contribution is 2.32. The van der Waals surface area contributed by atoms with Gasteiger partial charge in [0, 0.05) is 18.5 Å². The number of nitrogens with zero attached hydrogens (tertiary/aromatic N) is 3. The van der Waals surface area contributed by atoms with Gasteiger partial charge >= 0.3 is 0 Å². The minimum absolute atomic E-state index is 0.0997.